The summed E-state index contributed by atoms with van der Waals surface area (Å²) in [4.78, 5) is 14.6. The van der Waals surface area contributed by atoms with Crippen molar-refractivity contribution in [2.24, 2.45) is 11.3 Å². The Morgan fingerprint density at radius 1 is 1.26 bits per heavy atom. The Labute approximate surface area is 118 Å². The van der Waals surface area contributed by atoms with Crippen molar-refractivity contribution < 1.29 is 9.53 Å². The van der Waals surface area contributed by atoms with Crippen LogP contribution in [0.5, 0.6) is 0 Å². The van der Waals surface area contributed by atoms with Gasteiger partial charge in [-0.25, -0.2) is 0 Å². The van der Waals surface area contributed by atoms with Gasteiger partial charge in [-0.3, -0.25) is 9.69 Å². The molecule has 112 valence electrons. The monoisotopic (exact) mass is 269 g/mol. The highest BCUT2D eigenvalue weighted by Crippen LogP contribution is 2.27. The largest absolute Gasteiger partial charge is 0.376 e. The third-order valence-corrected chi connectivity index (χ3v) is 3.61. The Bertz CT molecular complexity index is 304. The van der Waals surface area contributed by atoms with Crippen molar-refractivity contribution in [3.05, 3.63) is 0 Å². The van der Waals surface area contributed by atoms with E-state index in [0.717, 1.165) is 19.6 Å². The summed E-state index contributed by atoms with van der Waals surface area (Å²) in [6.07, 6.45) is 1.06. The second kappa shape index (κ2) is 6.36. The Morgan fingerprint density at radius 3 is 2.26 bits per heavy atom. The zero-order valence-corrected chi connectivity index (χ0v) is 13.7. The second-order valence-electron chi connectivity index (χ2n) is 7.59. The van der Waals surface area contributed by atoms with Crippen molar-refractivity contribution in [1.29, 1.82) is 0 Å². The van der Waals surface area contributed by atoms with Crippen LogP contribution in [0.4, 0.5) is 0 Å². The first-order valence-electron chi connectivity index (χ1n) is 7.53. The number of carbonyl (C=O) groups is 1. The summed E-state index contributed by atoms with van der Waals surface area (Å²) in [5, 5.41) is 0. The number of carbonyl (C=O) groups excluding carboxylic acids is 1. The highest BCUT2D eigenvalue weighted by molar-refractivity contribution is 5.86. The van der Waals surface area contributed by atoms with Crippen LogP contribution in [0.1, 0.15) is 54.9 Å². The predicted octanol–water partition coefficient (Wildman–Crippen LogP) is 3.13. The minimum Gasteiger partial charge on any atom is -0.376 e. The zero-order chi connectivity index (χ0) is 14.8. The van der Waals surface area contributed by atoms with Crippen molar-refractivity contribution in [1.82, 2.24) is 4.90 Å². The average molecular weight is 269 g/mol. The number of hydrogen-bond donors (Lipinski definition) is 0. The van der Waals surface area contributed by atoms with E-state index in [0.29, 0.717) is 11.8 Å². The summed E-state index contributed by atoms with van der Waals surface area (Å²) < 4.78 is 6.01. The highest BCUT2D eigenvalue weighted by Gasteiger charge is 2.39. The maximum Gasteiger partial charge on any atom is 0.152 e. The average Bonchev–Trinajstić information content (AvgIpc) is 2.68. The van der Waals surface area contributed by atoms with Crippen molar-refractivity contribution >= 4 is 5.78 Å². The fourth-order valence-electron chi connectivity index (χ4n) is 2.54. The lowest BCUT2D eigenvalue weighted by atomic mass is 9.97. The molecule has 0 aromatic carbocycles. The molecule has 0 amide bonds. The van der Waals surface area contributed by atoms with Gasteiger partial charge in [0, 0.05) is 18.5 Å². The maximum absolute atomic E-state index is 12.3. The molecule has 0 saturated carbocycles. The fraction of sp³-hybridized carbons (Fsp3) is 0.938. The lowest BCUT2D eigenvalue weighted by Crippen LogP contribution is -2.42. The van der Waals surface area contributed by atoms with Gasteiger partial charge < -0.3 is 4.74 Å². The summed E-state index contributed by atoms with van der Waals surface area (Å²) in [7, 11) is 0. The third kappa shape index (κ3) is 4.88. The normalized spacial score (nSPS) is 25.5. The van der Waals surface area contributed by atoms with E-state index in [9.17, 15) is 4.79 Å². The van der Waals surface area contributed by atoms with E-state index >= 15 is 0 Å². The Kier molecular flexibility index (Phi) is 5.57. The molecular formula is C16H31NO2. The first kappa shape index (κ1) is 16.6. The molecule has 1 rings (SSSR count). The molecule has 1 aliphatic heterocycles. The summed E-state index contributed by atoms with van der Waals surface area (Å²) in [5.74, 6) is 0.461. The third-order valence-electron chi connectivity index (χ3n) is 3.61. The van der Waals surface area contributed by atoms with Crippen LogP contribution < -0.4 is 0 Å². The molecule has 1 aliphatic rings. The fourth-order valence-corrected chi connectivity index (χ4v) is 2.54. The number of hydrogen-bond acceptors (Lipinski definition) is 3. The molecule has 0 radical (unpaired) electrons. The quantitative estimate of drug-likeness (QED) is 0.768. The molecular weight excluding hydrogens is 238 g/mol. The van der Waals surface area contributed by atoms with E-state index in [1.165, 1.54) is 0 Å². The molecule has 0 bridgehead atoms. The highest BCUT2D eigenvalue weighted by atomic mass is 16.5. The van der Waals surface area contributed by atoms with Gasteiger partial charge in [0.05, 0.1) is 18.8 Å². The van der Waals surface area contributed by atoms with Crippen LogP contribution in [-0.2, 0) is 9.53 Å². The molecule has 1 heterocycles. The second-order valence-corrected chi connectivity index (χ2v) is 7.59. The smallest absolute Gasteiger partial charge is 0.152 e. The van der Waals surface area contributed by atoms with E-state index in [1.807, 2.05) is 13.8 Å². The molecule has 0 aromatic rings. The topological polar surface area (TPSA) is 29.5 Å². The van der Waals surface area contributed by atoms with E-state index in [4.69, 9.17) is 4.74 Å². The van der Waals surface area contributed by atoms with Crippen LogP contribution in [0.3, 0.4) is 0 Å². The molecule has 0 unspecified atom stereocenters. The van der Waals surface area contributed by atoms with Gasteiger partial charge >= 0.3 is 0 Å². The molecule has 2 atom stereocenters. The number of Topliss-reactive ketones (excluding diaryl/α,β-unsaturated/α-hetero) is 1. The van der Waals surface area contributed by atoms with Gasteiger partial charge in [-0.15, -0.1) is 0 Å². The lowest BCUT2D eigenvalue weighted by molar-refractivity contribution is -0.126. The molecule has 0 N–H and O–H groups in total. The first-order chi connectivity index (χ1) is 8.61. The number of ketones is 1. The van der Waals surface area contributed by atoms with Crippen LogP contribution >= 0.6 is 0 Å². The minimum atomic E-state index is 0.0463. The summed E-state index contributed by atoms with van der Waals surface area (Å²) in [5.41, 5.74) is 0.183. The number of likely N-dealkylation sites (tertiary alicyclic amines) is 1. The first-order valence-corrected chi connectivity index (χ1v) is 7.53. The van der Waals surface area contributed by atoms with Crippen molar-refractivity contribution in [2.75, 3.05) is 13.2 Å². The lowest BCUT2D eigenvalue weighted by Gasteiger charge is -2.28. The number of ether oxygens (including phenoxy) is 1. The Hall–Kier alpha value is -0.410. The van der Waals surface area contributed by atoms with Crippen LogP contribution in [0.15, 0.2) is 0 Å². The van der Waals surface area contributed by atoms with Crippen molar-refractivity contribution in [3.63, 3.8) is 0 Å². The predicted molar refractivity (Wildman–Crippen MR) is 79.3 cm³/mol. The van der Waals surface area contributed by atoms with E-state index in [-0.39, 0.29) is 23.5 Å². The van der Waals surface area contributed by atoms with Gasteiger partial charge in [0.2, 0.25) is 0 Å². The zero-order valence-electron chi connectivity index (χ0n) is 13.7. The summed E-state index contributed by atoms with van der Waals surface area (Å²) in [6, 6.07) is 0.445. The molecule has 0 aliphatic carbocycles. The van der Waals surface area contributed by atoms with Crippen molar-refractivity contribution in [2.45, 2.75) is 73.1 Å². The van der Waals surface area contributed by atoms with Gasteiger partial charge in [-0.1, -0.05) is 34.6 Å². The van der Waals surface area contributed by atoms with Gasteiger partial charge in [0.1, 0.15) is 0 Å². The Balaban J connectivity index is 2.65. The standard InChI is InChI=1S/C16H31NO2/c1-11(2)15(18)14-8-13(9-17(14)12(3)4)19-10-16(5,6)7/h11-14H,8-10H2,1-7H3/t13-,14-/m0/s1. The molecule has 19 heavy (non-hydrogen) atoms. The molecule has 3 nitrogen and oxygen atoms in total. The van der Waals surface area contributed by atoms with Crippen LogP contribution in [0, 0.1) is 11.3 Å². The van der Waals surface area contributed by atoms with Crippen molar-refractivity contribution in [3.8, 4) is 0 Å². The summed E-state index contributed by atoms with van der Waals surface area (Å²) in [6.45, 7) is 16.5. The molecule has 3 heteroatoms. The van der Waals surface area contributed by atoms with Crippen LogP contribution in [-0.4, -0.2) is 42.0 Å². The molecule has 1 fully saturated rings. The maximum atomic E-state index is 12.3. The van der Waals surface area contributed by atoms with E-state index in [1.54, 1.807) is 0 Å². The van der Waals surface area contributed by atoms with Gasteiger partial charge in [0.25, 0.3) is 0 Å². The molecule has 1 saturated heterocycles. The SMILES string of the molecule is CC(C)C(=O)[C@@H]1C[C@H](OCC(C)(C)C)CN1C(C)C. The molecule has 0 aromatic heterocycles. The van der Waals surface area contributed by atoms with Gasteiger partial charge in [-0.05, 0) is 25.7 Å². The number of rotatable bonds is 5. The Morgan fingerprint density at radius 2 is 1.84 bits per heavy atom. The molecule has 0 spiro atoms. The summed E-state index contributed by atoms with van der Waals surface area (Å²) >= 11 is 0. The van der Waals surface area contributed by atoms with E-state index < -0.39 is 0 Å². The van der Waals surface area contributed by atoms with Crippen LogP contribution in [0.2, 0.25) is 0 Å². The van der Waals surface area contributed by atoms with Gasteiger partial charge in [-0.2, -0.15) is 0 Å². The van der Waals surface area contributed by atoms with E-state index in [2.05, 4.69) is 39.5 Å². The minimum absolute atomic E-state index is 0.0463. The van der Waals surface area contributed by atoms with Gasteiger partial charge in [0.15, 0.2) is 5.78 Å². The van der Waals surface area contributed by atoms with Crippen LogP contribution in [0.25, 0.3) is 0 Å². The number of nitrogens with zero attached hydrogens (tertiary/aromatic N) is 1.